The topological polar surface area (TPSA) is 43.6 Å². The molecule has 61 heavy (non-hydrogen) atoms. The molecule has 12 aromatic rings. The first-order chi connectivity index (χ1) is 30.3. The van der Waals surface area contributed by atoms with Crippen molar-refractivity contribution >= 4 is 54.1 Å². The van der Waals surface area contributed by atoms with Gasteiger partial charge >= 0.3 is 0 Å². The largest absolute Gasteiger partial charge is 0.309 e. The molecular weight excluding hydrogens is 741 g/mol. The second-order valence-corrected chi connectivity index (χ2v) is 15.5. The maximum Gasteiger partial charge on any atom is 0.164 e. The first kappa shape index (κ1) is 34.8. The standard InChI is InChI=1S/C57H36N4/c1-4-18-37(19-5-1)55-58-56(38-20-6-2-7-21-38)60-57(59-55)40-23-16-22-39(34-40)49-35-50-44-28-12-10-26-42(44)43-27-11-13-29-45(43)51(50)36-52(49)48-32-17-31-47-46-30-14-15-33-53(46)61(54(47)48)41-24-8-3-9-25-41/h1-36H. The predicted octanol–water partition coefficient (Wildman–Crippen LogP) is 14.8. The first-order valence-electron chi connectivity index (χ1n) is 20.7. The highest BCUT2D eigenvalue weighted by Gasteiger charge is 2.21. The van der Waals surface area contributed by atoms with Gasteiger partial charge in [-0.3, -0.25) is 0 Å². The lowest BCUT2D eigenvalue weighted by Gasteiger charge is -2.19. The molecule has 0 unspecified atom stereocenters. The van der Waals surface area contributed by atoms with Gasteiger partial charge < -0.3 is 4.57 Å². The van der Waals surface area contributed by atoms with Crippen molar-refractivity contribution in [1.82, 2.24) is 19.5 Å². The number of hydrogen-bond acceptors (Lipinski definition) is 3. The van der Waals surface area contributed by atoms with E-state index in [2.05, 4.69) is 187 Å². The van der Waals surface area contributed by atoms with E-state index in [4.69, 9.17) is 15.0 Å². The molecule has 0 aliphatic rings. The summed E-state index contributed by atoms with van der Waals surface area (Å²) in [5, 5.41) is 9.84. The zero-order chi connectivity index (χ0) is 40.3. The molecule has 0 spiro atoms. The van der Waals surface area contributed by atoms with Gasteiger partial charge in [0.2, 0.25) is 0 Å². The Hall–Kier alpha value is -8.21. The highest BCUT2D eigenvalue weighted by Crippen LogP contribution is 2.46. The third kappa shape index (κ3) is 5.80. The van der Waals surface area contributed by atoms with Gasteiger partial charge in [-0.2, -0.15) is 0 Å². The van der Waals surface area contributed by atoms with Crippen molar-refractivity contribution in [3.8, 4) is 62.1 Å². The number of benzene rings is 10. The molecule has 0 bridgehead atoms. The molecule has 284 valence electrons. The summed E-state index contributed by atoms with van der Waals surface area (Å²) < 4.78 is 2.43. The fourth-order valence-electron chi connectivity index (χ4n) is 9.26. The van der Waals surface area contributed by atoms with Crippen LogP contribution < -0.4 is 0 Å². The van der Waals surface area contributed by atoms with Crippen molar-refractivity contribution in [2.75, 3.05) is 0 Å². The molecular formula is C57H36N4. The Balaban J connectivity index is 1.17. The van der Waals surface area contributed by atoms with Gasteiger partial charge in [-0.25, -0.2) is 15.0 Å². The van der Waals surface area contributed by atoms with Gasteiger partial charge in [0.15, 0.2) is 17.5 Å². The normalized spacial score (nSPS) is 11.6. The van der Waals surface area contributed by atoms with Crippen molar-refractivity contribution in [2.24, 2.45) is 0 Å². The molecule has 0 aliphatic heterocycles. The van der Waals surface area contributed by atoms with Crippen LogP contribution in [0.2, 0.25) is 0 Å². The van der Waals surface area contributed by atoms with Crippen LogP contribution in [0.1, 0.15) is 0 Å². The Kier molecular flexibility index (Phi) is 8.13. The highest BCUT2D eigenvalue weighted by molar-refractivity contribution is 6.27. The number of hydrogen-bond donors (Lipinski definition) is 0. The van der Waals surface area contributed by atoms with E-state index in [-0.39, 0.29) is 0 Å². The SMILES string of the molecule is c1ccc(-c2nc(-c3ccccc3)nc(-c3cccc(-c4cc5c6ccccc6c6ccccc6c5cc4-c4cccc5c6ccccc6n(-c6ccccc6)c45)c3)n2)cc1. The Morgan fingerprint density at radius 3 is 1.30 bits per heavy atom. The van der Waals surface area contributed by atoms with Crippen molar-refractivity contribution in [1.29, 1.82) is 0 Å². The smallest absolute Gasteiger partial charge is 0.164 e. The van der Waals surface area contributed by atoms with Crippen molar-refractivity contribution < 1.29 is 0 Å². The molecule has 0 N–H and O–H groups in total. The molecule has 0 aliphatic carbocycles. The molecule has 4 nitrogen and oxygen atoms in total. The Morgan fingerprint density at radius 1 is 0.262 bits per heavy atom. The minimum absolute atomic E-state index is 0.625. The van der Waals surface area contributed by atoms with Crippen LogP contribution in [0.3, 0.4) is 0 Å². The number of aromatic nitrogens is 4. The number of para-hydroxylation sites is 3. The fourth-order valence-corrected chi connectivity index (χ4v) is 9.26. The van der Waals surface area contributed by atoms with E-state index in [1.807, 2.05) is 36.4 Å². The highest BCUT2D eigenvalue weighted by atomic mass is 15.0. The summed E-state index contributed by atoms with van der Waals surface area (Å²) in [5.41, 5.74) is 10.8. The summed E-state index contributed by atoms with van der Waals surface area (Å²) in [6.45, 7) is 0. The van der Waals surface area contributed by atoms with Crippen molar-refractivity contribution in [3.63, 3.8) is 0 Å². The maximum atomic E-state index is 5.12. The van der Waals surface area contributed by atoms with Crippen molar-refractivity contribution in [2.45, 2.75) is 0 Å². The Morgan fingerprint density at radius 2 is 0.689 bits per heavy atom. The Bertz CT molecular complexity index is 3570. The molecule has 2 heterocycles. The number of rotatable bonds is 6. The summed E-state index contributed by atoms with van der Waals surface area (Å²) in [7, 11) is 0. The molecule has 0 atom stereocenters. The lowest BCUT2D eigenvalue weighted by atomic mass is 9.86. The molecule has 0 saturated carbocycles. The van der Waals surface area contributed by atoms with E-state index in [0.717, 1.165) is 44.6 Å². The molecule has 0 amide bonds. The monoisotopic (exact) mass is 776 g/mol. The van der Waals surface area contributed by atoms with Crippen LogP contribution in [0.5, 0.6) is 0 Å². The van der Waals surface area contributed by atoms with Crippen LogP contribution in [-0.4, -0.2) is 19.5 Å². The number of nitrogens with zero attached hydrogens (tertiary/aromatic N) is 4. The molecule has 10 aromatic carbocycles. The zero-order valence-electron chi connectivity index (χ0n) is 33.1. The van der Waals surface area contributed by atoms with Gasteiger partial charge in [0, 0.05) is 38.7 Å². The predicted molar refractivity (Wildman–Crippen MR) is 254 cm³/mol. The van der Waals surface area contributed by atoms with Crippen LogP contribution in [-0.2, 0) is 0 Å². The minimum atomic E-state index is 0.625. The minimum Gasteiger partial charge on any atom is -0.309 e. The molecule has 0 fully saturated rings. The van der Waals surface area contributed by atoms with Gasteiger partial charge in [-0.1, -0.05) is 182 Å². The lowest BCUT2D eigenvalue weighted by Crippen LogP contribution is -2.00. The second-order valence-electron chi connectivity index (χ2n) is 15.5. The van der Waals surface area contributed by atoms with Gasteiger partial charge in [0.05, 0.1) is 11.0 Å². The fraction of sp³-hybridized carbons (Fsp3) is 0. The summed E-state index contributed by atoms with van der Waals surface area (Å²) >= 11 is 0. The average molecular weight is 777 g/mol. The maximum absolute atomic E-state index is 5.12. The summed E-state index contributed by atoms with van der Waals surface area (Å²) in [6.07, 6.45) is 0. The van der Waals surface area contributed by atoms with Gasteiger partial charge in [-0.05, 0) is 85.4 Å². The second kappa shape index (κ2) is 14.3. The van der Waals surface area contributed by atoms with E-state index in [0.29, 0.717) is 17.5 Å². The molecule has 2 aromatic heterocycles. The van der Waals surface area contributed by atoms with Crippen LogP contribution in [0.15, 0.2) is 218 Å². The summed E-state index contributed by atoms with van der Waals surface area (Å²) in [5.74, 6) is 1.90. The van der Waals surface area contributed by atoms with Crippen LogP contribution in [0.4, 0.5) is 0 Å². The van der Waals surface area contributed by atoms with Crippen LogP contribution in [0, 0.1) is 0 Å². The summed E-state index contributed by atoms with van der Waals surface area (Å²) in [4.78, 5) is 15.2. The van der Waals surface area contributed by atoms with Gasteiger partial charge in [-0.15, -0.1) is 0 Å². The molecule has 12 rings (SSSR count). The van der Waals surface area contributed by atoms with Gasteiger partial charge in [0.1, 0.15) is 0 Å². The molecule has 0 radical (unpaired) electrons. The molecule has 0 saturated heterocycles. The van der Waals surface area contributed by atoms with E-state index in [1.54, 1.807) is 0 Å². The summed E-state index contributed by atoms with van der Waals surface area (Å²) in [6, 6.07) is 77.8. The van der Waals surface area contributed by atoms with E-state index in [1.165, 1.54) is 54.1 Å². The van der Waals surface area contributed by atoms with E-state index >= 15 is 0 Å². The third-order valence-corrected chi connectivity index (χ3v) is 12.0. The quantitative estimate of drug-likeness (QED) is 0.158. The first-order valence-corrected chi connectivity index (χ1v) is 20.7. The average Bonchev–Trinajstić information content (AvgIpc) is 3.69. The van der Waals surface area contributed by atoms with Crippen LogP contribution >= 0.6 is 0 Å². The third-order valence-electron chi connectivity index (χ3n) is 12.0. The molecule has 4 heteroatoms. The number of fused-ring (bicyclic) bond motifs is 9. The van der Waals surface area contributed by atoms with Crippen molar-refractivity contribution in [3.05, 3.63) is 218 Å². The lowest BCUT2D eigenvalue weighted by molar-refractivity contribution is 1.07. The Labute approximate surface area is 352 Å². The van der Waals surface area contributed by atoms with Crippen LogP contribution in [0.25, 0.3) is 116 Å². The zero-order valence-corrected chi connectivity index (χ0v) is 33.1. The van der Waals surface area contributed by atoms with E-state index < -0.39 is 0 Å². The van der Waals surface area contributed by atoms with E-state index in [9.17, 15) is 0 Å². The van der Waals surface area contributed by atoms with Gasteiger partial charge in [0.25, 0.3) is 0 Å².